The molecule has 2 atom stereocenters. The minimum atomic E-state index is -0.605. The fourth-order valence-electron chi connectivity index (χ4n) is 2.84. The highest BCUT2D eigenvalue weighted by Crippen LogP contribution is 2.25. The lowest BCUT2D eigenvalue weighted by Gasteiger charge is -2.18. The third-order valence-corrected chi connectivity index (χ3v) is 4.45. The molecule has 0 aliphatic carbocycles. The largest absolute Gasteiger partial charge is 0.354 e. The first kappa shape index (κ1) is 19.0. The molecule has 0 bridgehead atoms. The van der Waals surface area contributed by atoms with Crippen molar-refractivity contribution in [3.63, 3.8) is 0 Å². The van der Waals surface area contributed by atoms with Gasteiger partial charge in [0.25, 0.3) is 0 Å². The molecule has 25 heavy (non-hydrogen) atoms. The number of rotatable bonds is 7. The molecule has 1 aromatic carbocycles. The summed E-state index contributed by atoms with van der Waals surface area (Å²) in [5.74, 6) is -0.945. The maximum Gasteiger partial charge on any atom is 0.242 e. The van der Waals surface area contributed by atoms with Crippen LogP contribution in [0.25, 0.3) is 0 Å². The average Bonchev–Trinajstić information content (AvgIpc) is 3.01. The molecule has 1 aliphatic rings. The molecular weight excluding hydrogens is 318 g/mol. The molecule has 3 amide bonds. The molecule has 136 valence electrons. The molecule has 2 rings (SSSR count). The van der Waals surface area contributed by atoms with Crippen LogP contribution in [0, 0.1) is 5.92 Å². The molecule has 1 heterocycles. The van der Waals surface area contributed by atoms with Gasteiger partial charge in [0.15, 0.2) is 0 Å². The zero-order chi connectivity index (χ0) is 18.4. The summed E-state index contributed by atoms with van der Waals surface area (Å²) in [7, 11) is 0. The van der Waals surface area contributed by atoms with Crippen LogP contribution in [0.4, 0.5) is 5.69 Å². The molecular formula is C19H27N3O3. The van der Waals surface area contributed by atoms with Crippen LogP contribution in [-0.4, -0.2) is 36.9 Å². The van der Waals surface area contributed by atoms with Gasteiger partial charge in [-0.2, -0.15) is 0 Å². The SMILES string of the molecule is CCCNC(=O)C(C)NC(=O)C1CC(=O)N(c2ccc(CC)cc2)C1. The van der Waals surface area contributed by atoms with E-state index in [9.17, 15) is 14.4 Å². The number of carbonyl (C=O) groups excluding carboxylic acids is 3. The van der Waals surface area contributed by atoms with Crippen LogP contribution in [0.1, 0.15) is 39.2 Å². The predicted molar refractivity (Wildman–Crippen MR) is 97.2 cm³/mol. The van der Waals surface area contributed by atoms with Crippen LogP contribution in [0.2, 0.25) is 0 Å². The van der Waals surface area contributed by atoms with E-state index in [4.69, 9.17) is 0 Å². The van der Waals surface area contributed by atoms with E-state index in [2.05, 4.69) is 17.6 Å². The number of nitrogens with one attached hydrogen (secondary N) is 2. The smallest absolute Gasteiger partial charge is 0.242 e. The van der Waals surface area contributed by atoms with Gasteiger partial charge >= 0.3 is 0 Å². The third kappa shape index (κ3) is 4.81. The van der Waals surface area contributed by atoms with E-state index in [1.807, 2.05) is 31.2 Å². The van der Waals surface area contributed by atoms with Crippen molar-refractivity contribution in [2.45, 2.75) is 46.1 Å². The van der Waals surface area contributed by atoms with Gasteiger partial charge in [0, 0.05) is 25.2 Å². The minimum absolute atomic E-state index is 0.0625. The second kappa shape index (κ2) is 8.65. The van der Waals surface area contributed by atoms with E-state index in [-0.39, 0.29) is 24.1 Å². The van der Waals surface area contributed by atoms with E-state index < -0.39 is 12.0 Å². The monoisotopic (exact) mass is 345 g/mol. The van der Waals surface area contributed by atoms with Gasteiger partial charge in [0.2, 0.25) is 17.7 Å². The molecule has 1 saturated heterocycles. The van der Waals surface area contributed by atoms with Crippen molar-refractivity contribution in [2.75, 3.05) is 18.0 Å². The Hall–Kier alpha value is -2.37. The van der Waals surface area contributed by atoms with Crippen molar-refractivity contribution in [2.24, 2.45) is 5.92 Å². The Labute approximate surface area is 149 Å². The van der Waals surface area contributed by atoms with Gasteiger partial charge < -0.3 is 15.5 Å². The van der Waals surface area contributed by atoms with Gasteiger partial charge in [-0.25, -0.2) is 0 Å². The van der Waals surface area contributed by atoms with E-state index in [1.165, 1.54) is 5.56 Å². The Morgan fingerprint density at radius 3 is 2.52 bits per heavy atom. The zero-order valence-electron chi connectivity index (χ0n) is 15.2. The first-order valence-corrected chi connectivity index (χ1v) is 8.93. The summed E-state index contributed by atoms with van der Waals surface area (Å²) in [5, 5.41) is 5.46. The van der Waals surface area contributed by atoms with Gasteiger partial charge in [-0.15, -0.1) is 0 Å². The average molecular weight is 345 g/mol. The Bertz CT molecular complexity index is 627. The lowest BCUT2D eigenvalue weighted by molar-refractivity contribution is -0.130. The summed E-state index contributed by atoms with van der Waals surface area (Å²) >= 11 is 0. The number of nitrogens with zero attached hydrogens (tertiary/aromatic N) is 1. The van der Waals surface area contributed by atoms with Crippen molar-refractivity contribution < 1.29 is 14.4 Å². The van der Waals surface area contributed by atoms with Gasteiger partial charge in [-0.3, -0.25) is 14.4 Å². The Balaban J connectivity index is 1.94. The van der Waals surface area contributed by atoms with Gasteiger partial charge in [-0.1, -0.05) is 26.0 Å². The maximum atomic E-state index is 12.4. The number of amides is 3. The Kier molecular flexibility index (Phi) is 6.56. The molecule has 2 N–H and O–H groups in total. The van der Waals surface area contributed by atoms with Crippen LogP contribution >= 0.6 is 0 Å². The summed E-state index contributed by atoms with van der Waals surface area (Å²) in [5.41, 5.74) is 2.02. The summed E-state index contributed by atoms with van der Waals surface area (Å²) in [4.78, 5) is 38.2. The minimum Gasteiger partial charge on any atom is -0.354 e. The molecule has 1 aliphatic heterocycles. The molecule has 6 nitrogen and oxygen atoms in total. The molecule has 0 spiro atoms. The van der Waals surface area contributed by atoms with E-state index in [1.54, 1.807) is 11.8 Å². The molecule has 0 aromatic heterocycles. The van der Waals surface area contributed by atoms with E-state index >= 15 is 0 Å². The zero-order valence-corrected chi connectivity index (χ0v) is 15.2. The normalized spacial score (nSPS) is 18.1. The van der Waals surface area contributed by atoms with E-state index in [0.29, 0.717) is 13.1 Å². The Morgan fingerprint density at radius 1 is 1.24 bits per heavy atom. The molecule has 0 radical (unpaired) electrons. The first-order valence-electron chi connectivity index (χ1n) is 8.93. The van der Waals surface area contributed by atoms with Crippen LogP contribution in [0.5, 0.6) is 0 Å². The molecule has 1 aromatic rings. The quantitative estimate of drug-likeness (QED) is 0.788. The molecule has 0 saturated carbocycles. The summed E-state index contributed by atoms with van der Waals surface area (Å²) in [6, 6.07) is 7.22. The lowest BCUT2D eigenvalue weighted by atomic mass is 10.1. The third-order valence-electron chi connectivity index (χ3n) is 4.45. The fourth-order valence-corrected chi connectivity index (χ4v) is 2.84. The summed E-state index contributed by atoms with van der Waals surface area (Å²) in [6.45, 7) is 6.63. The number of aryl methyl sites for hydroxylation is 1. The van der Waals surface area contributed by atoms with Crippen molar-refractivity contribution in [1.82, 2.24) is 10.6 Å². The van der Waals surface area contributed by atoms with Crippen LogP contribution in [0.3, 0.4) is 0 Å². The number of anilines is 1. The van der Waals surface area contributed by atoms with Crippen molar-refractivity contribution >= 4 is 23.4 Å². The lowest BCUT2D eigenvalue weighted by Crippen LogP contribution is -2.47. The highest BCUT2D eigenvalue weighted by atomic mass is 16.2. The number of benzene rings is 1. The summed E-state index contributed by atoms with van der Waals surface area (Å²) < 4.78 is 0. The van der Waals surface area contributed by atoms with Crippen LogP contribution < -0.4 is 15.5 Å². The second-order valence-electron chi connectivity index (χ2n) is 6.45. The van der Waals surface area contributed by atoms with Gasteiger partial charge in [-0.05, 0) is 37.5 Å². The Morgan fingerprint density at radius 2 is 1.92 bits per heavy atom. The van der Waals surface area contributed by atoms with Gasteiger partial charge in [0.1, 0.15) is 6.04 Å². The number of hydrogen-bond acceptors (Lipinski definition) is 3. The second-order valence-corrected chi connectivity index (χ2v) is 6.45. The highest BCUT2D eigenvalue weighted by molar-refractivity contribution is 6.01. The predicted octanol–water partition coefficient (Wildman–Crippen LogP) is 1.63. The maximum absolute atomic E-state index is 12.4. The fraction of sp³-hybridized carbons (Fsp3) is 0.526. The molecule has 2 unspecified atom stereocenters. The van der Waals surface area contributed by atoms with Crippen molar-refractivity contribution in [3.8, 4) is 0 Å². The van der Waals surface area contributed by atoms with Crippen LogP contribution in [0.15, 0.2) is 24.3 Å². The standard InChI is InChI=1S/C19H27N3O3/c1-4-10-20-18(24)13(3)21-19(25)15-11-17(23)22(12-15)16-8-6-14(5-2)7-9-16/h6-9,13,15H,4-5,10-12H2,1-3H3,(H,20,24)(H,21,25). The van der Waals surface area contributed by atoms with Crippen molar-refractivity contribution in [1.29, 1.82) is 0 Å². The topological polar surface area (TPSA) is 78.5 Å². The number of hydrogen-bond donors (Lipinski definition) is 2. The number of carbonyl (C=O) groups is 3. The molecule has 1 fully saturated rings. The summed E-state index contributed by atoms with van der Waals surface area (Å²) in [6.07, 6.45) is 1.96. The first-order chi connectivity index (χ1) is 12.0. The highest BCUT2D eigenvalue weighted by Gasteiger charge is 2.35. The molecule has 6 heteroatoms. The van der Waals surface area contributed by atoms with Gasteiger partial charge in [0.05, 0.1) is 5.92 Å². The van der Waals surface area contributed by atoms with E-state index in [0.717, 1.165) is 18.5 Å². The van der Waals surface area contributed by atoms with Crippen LogP contribution in [-0.2, 0) is 20.8 Å². The van der Waals surface area contributed by atoms with Crippen molar-refractivity contribution in [3.05, 3.63) is 29.8 Å².